The second kappa shape index (κ2) is 2.96. The van der Waals surface area contributed by atoms with E-state index in [1.165, 1.54) is 0 Å². The molecule has 0 aromatic rings. The molecule has 2 aliphatic rings. The molecular weight excluding hydrogens is 212 g/mol. The summed E-state index contributed by atoms with van der Waals surface area (Å²) in [6.07, 6.45) is 2.95. The first-order valence-corrected chi connectivity index (χ1v) is 7.17. The molecule has 0 spiro atoms. The van der Waals surface area contributed by atoms with Gasteiger partial charge in [-0.3, -0.25) is 0 Å². The Morgan fingerprint density at radius 3 is 2.33 bits per heavy atom. The van der Waals surface area contributed by atoms with Crippen LogP contribution in [0.3, 0.4) is 0 Å². The molecule has 2 rings (SSSR count). The normalized spacial score (nSPS) is 43.5. The zero-order valence-corrected chi connectivity index (χ0v) is 10.2. The average Bonchev–Trinajstić information content (AvgIpc) is 2.34. The molecule has 88 valence electrons. The molecule has 5 heteroatoms. The highest BCUT2D eigenvalue weighted by molar-refractivity contribution is 7.89. The lowest BCUT2D eigenvalue weighted by Gasteiger charge is -2.40. The summed E-state index contributed by atoms with van der Waals surface area (Å²) in [6, 6.07) is -0.00965. The fraction of sp³-hybridized carbons (Fsp3) is 1.00. The molecule has 0 aromatic heterocycles. The Morgan fingerprint density at radius 1 is 1.40 bits per heavy atom. The van der Waals surface area contributed by atoms with Crippen molar-refractivity contribution in [3.63, 3.8) is 0 Å². The van der Waals surface area contributed by atoms with E-state index in [9.17, 15) is 8.42 Å². The highest BCUT2D eigenvalue weighted by Gasteiger charge is 2.63. The summed E-state index contributed by atoms with van der Waals surface area (Å²) in [6.45, 7) is 4.28. The molecule has 4 N–H and O–H groups in total. The summed E-state index contributed by atoms with van der Waals surface area (Å²) in [5.41, 5.74) is 5.84. The van der Waals surface area contributed by atoms with Gasteiger partial charge in [0.25, 0.3) is 0 Å². The third-order valence-corrected chi connectivity index (χ3v) is 5.87. The van der Waals surface area contributed by atoms with Crippen LogP contribution in [0.2, 0.25) is 0 Å². The van der Waals surface area contributed by atoms with Gasteiger partial charge in [0.05, 0.1) is 5.75 Å². The van der Waals surface area contributed by atoms with E-state index >= 15 is 0 Å². The molecule has 4 nitrogen and oxygen atoms in total. The van der Waals surface area contributed by atoms with Crippen LogP contribution in [0.4, 0.5) is 0 Å². The second-order valence-corrected chi connectivity index (χ2v) is 7.38. The Morgan fingerprint density at radius 2 is 2.00 bits per heavy atom. The molecule has 0 aromatic carbocycles. The SMILES string of the molecule is CC1(C)C2CCC1(CS(N)(=O)=O)C(N)C2. The van der Waals surface area contributed by atoms with Gasteiger partial charge in [-0.1, -0.05) is 13.8 Å². The molecule has 0 aliphatic heterocycles. The van der Waals surface area contributed by atoms with Crippen LogP contribution in [0.5, 0.6) is 0 Å². The fourth-order valence-corrected chi connectivity index (χ4v) is 5.30. The topological polar surface area (TPSA) is 86.2 Å². The largest absolute Gasteiger partial charge is 0.327 e. The molecule has 15 heavy (non-hydrogen) atoms. The van der Waals surface area contributed by atoms with E-state index in [0.717, 1.165) is 19.3 Å². The van der Waals surface area contributed by atoms with Crippen molar-refractivity contribution >= 4 is 10.0 Å². The predicted molar refractivity (Wildman–Crippen MR) is 59.5 cm³/mol. The van der Waals surface area contributed by atoms with Gasteiger partial charge in [-0.2, -0.15) is 0 Å². The number of hydrogen-bond donors (Lipinski definition) is 2. The second-order valence-electron chi connectivity index (χ2n) is 5.76. The van der Waals surface area contributed by atoms with E-state index in [4.69, 9.17) is 10.9 Å². The zero-order valence-electron chi connectivity index (χ0n) is 9.36. The highest BCUT2D eigenvalue weighted by atomic mass is 32.2. The molecule has 3 atom stereocenters. The van der Waals surface area contributed by atoms with Crippen molar-refractivity contribution in [3.05, 3.63) is 0 Å². The van der Waals surface area contributed by atoms with E-state index in [1.54, 1.807) is 0 Å². The van der Waals surface area contributed by atoms with Crippen molar-refractivity contribution in [2.24, 2.45) is 27.6 Å². The molecule has 2 bridgehead atoms. The Balaban J connectivity index is 2.40. The summed E-state index contributed by atoms with van der Waals surface area (Å²) in [5.74, 6) is 0.610. The van der Waals surface area contributed by atoms with Gasteiger partial charge in [0.2, 0.25) is 10.0 Å². The van der Waals surface area contributed by atoms with E-state index in [1.807, 2.05) is 0 Å². The van der Waals surface area contributed by atoms with Crippen molar-refractivity contribution in [1.29, 1.82) is 0 Å². The summed E-state index contributed by atoms with van der Waals surface area (Å²) in [4.78, 5) is 0. The molecule has 0 saturated heterocycles. The third kappa shape index (κ3) is 1.44. The van der Waals surface area contributed by atoms with Gasteiger partial charge in [-0.15, -0.1) is 0 Å². The van der Waals surface area contributed by atoms with Gasteiger partial charge in [0.1, 0.15) is 0 Å². The number of fused-ring (bicyclic) bond motifs is 2. The Kier molecular flexibility index (Phi) is 2.24. The number of hydrogen-bond acceptors (Lipinski definition) is 3. The summed E-state index contributed by atoms with van der Waals surface area (Å²) in [7, 11) is -3.44. The molecule has 3 unspecified atom stereocenters. The van der Waals surface area contributed by atoms with Crippen molar-refractivity contribution < 1.29 is 8.42 Å². The first-order chi connectivity index (χ1) is 6.69. The average molecular weight is 232 g/mol. The summed E-state index contributed by atoms with van der Waals surface area (Å²) < 4.78 is 22.7. The molecule has 2 aliphatic carbocycles. The Hall–Kier alpha value is -0.130. The minimum absolute atomic E-state index is 0.00965. The van der Waals surface area contributed by atoms with Crippen molar-refractivity contribution in [1.82, 2.24) is 0 Å². The van der Waals surface area contributed by atoms with Crippen LogP contribution in [-0.2, 0) is 10.0 Å². The van der Waals surface area contributed by atoms with Crippen molar-refractivity contribution in [2.45, 2.75) is 39.2 Å². The number of primary sulfonamides is 1. The number of rotatable bonds is 2. The standard InChI is InChI=1S/C10H20N2O2S/c1-9(2)7-3-4-10(9,8(11)5-7)6-15(12,13)14/h7-8H,3-6,11H2,1-2H3,(H2,12,13,14). The van der Waals surface area contributed by atoms with E-state index in [-0.39, 0.29) is 22.6 Å². The fourth-order valence-electron chi connectivity index (χ4n) is 3.85. The maximum Gasteiger partial charge on any atom is 0.209 e. The molecule has 2 saturated carbocycles. The van der Waals surface area contributed by atoms with Crippen molar-refractivity contribution in [3.8, 4) is 0 Å². The first-order valence-electron chi connectivity index (χ1n) is 5.45. The van der Waals surface area contributed by atoms with Gasteiger partial charge in [0, 0.05) is 11.5 Å². The Bertz CT molecular complexity index is 377. The first kappa shape index (κ1) is 11.4. The van der Waals surface area contributed by atoms with Gasteiger partial charge < -0.3 is 5.73 Å². The molecule has 2 fully saturated rings. The molecular formula is C10H20N2O2S. The summed E-state index contributed by atoms with van der Waals surface area (Å²) in [5, 5.41) is 5.19. The minimum atomic E-state index is -3.44. The maximum atomic E-state index is 11.3. The van der Waals surface area contributed by atoms with E-state index < -0.39 is 10.0 Å². The lowest BCUT2D eigenvalue weighted by Crippen LogP contribution is -2.49. The van der Waals surface area contributed by atoms with E-state index in [0.29, 0.717) is 5.92 Å². The van der Waals surface area contributed by atoms with Gasteiger partial charge in [0.15, 0.2) is 0 Å². The van der Waals surface area contributed by atoms with Gasteiger partial charge in [-0.25, -0.2) is 13.6 Å². The van der Waals surface area contributed by atoms with Crippen LogP contribution in [0.15, 0.2) is 0 Å². The van der Waals surface area contributed by atoms with Crippen LogP contribution in [0.1, 0.15) is 33.1 Å². The number of nitrogens with two attached hydrogens (primary N) is 2. The molecule has 0 amide bonds. The van der Waals surface area contributed by atoms with Gasteiger partial charge >= 0.3 is 0 Å². The van der Waals surface area contributed by atoms with Crippen LogP contribution in [0.25, 0.3) is 0 Å². The van der Waals surface area contributed by atoms with Crippen LogP contribution >= 0.6 is 0 Å². The van der Waals surface area contributed by atoms with E-state index in [2.05, 4.69) is 13.8 Å². The molecule has 0 heterocycles. The molecule has 0 radical (unpaired) electrons. The monoisotopic (exact) mass is 232 g/mol. The third-order valence-electron chi connectivity index (χ3n) is 4.95. The Labute approximate surface area is 91.5 Å². The van der Waals surface area contributed by atoms with Crippen LogP contribution in [0, 0.1) is 16.7 Å². The lowest BCUT2D eigenvalue weighted by atomic mass is 9.69. The quantitative estimate of drug-likeness (QED) is 0.724. The zero-order chi connectivity index (χ0) is 11.5. The van der Waals surface area contributed by atoms with Crippen LogP contribution < -0.4 is 10.9 Å². The van der Waals surface area contributed by atoms with Crippen LogP contribution in [-0.4, -0.2) is 20.2 Å². The summed E-state index contributed by atoms with van der Waals surface area (Å²) >= 11 is 0. The number of sulfonamides is 1. The maximum absolute atomic E-state index is 11.3. The smallest absolute Gasteiger partial charge is 0.209 e. The lowest BCUT2D eigenvalue weighted by molar-refractivity contribution is 0.139. The van der Waals surface area contributed by atoms with Gasteiger partial charge in [-0.05, 0) is 30.6 Å². The van der Waals surface area contributed by atoms with Crippen molar-refractivity contribution in [2.75, 3.05) is 5.75 Å². The highest BCUT2D eigenvalue weighted by Crippen LogP contribution is 2.65. The predicted octanol–water partition coefficient (Wildman–Crippen LogP) is 0.429. The minimum Gasteiger partial charge on any atom is -0.327 e.